The minimum atomic E-state index is -3.57. The summed E-state index contributed by atoms with van der Waals surface area (Å²) in [5.41, 5.74) is 0.590. The summed E-state index contributed by atoms with van der Waals surface area (Å²) in [6.45, 7) is 4.88. The molecule has 0 bridgehead atoms. The molecule has 2 saturated heterocycles. The lowest BCUT2D eigenvalue weighted by molar-refractivity contribution is 0.00165. The monoisotopic (exact) mass is 422 g/mol. The van der Waals surface area contributed by atoms with Crippen LogP contribution in [0, 0.1) is 5.92 Å². The van der Waals surface area contributed by atoms with Gasteiger partial charge in [0.2, 0.25) is 15.0 Å². The molecule has 2 aromatic rings. The molecule has 2 aliphatic rings. The largest absolute Gasteiger partial charge is 0.381 e. The molecule has 0 saturated carbocycles. The highest BCUT2D eigenvalue weighted by molar-refractivity contribution is 7.90. The van der Waals surface area contributed by atoms with Crippen molar-refractivity contribution in [2.45, 2.75) is 17.6 Å². The number of imidazole rings is 1. The number of hydrogen-bond donors (Lipinski definition) is 1. The number of rotatable bonds is 6. The number of amides is 1. The van der Waals surface area contributed by atoms with E-state index in [-0.39, 0.29) is 22.8 Å². The number of hydrogen-bond acceptors (Lipinski definition) is 7. The molecule has 158 valence electrons. The molecule has 2 aromatic heterocycles. The van der Waals surface area contributed by atoms with E-state index in [0.717, 1.165) is 32.4 Å². The Bertz CT molecular complexity index is 978. The molecule has 4 rings (SSSR count). The zero-order chi connectivity index (χ0) is 20.4. The van der Waals surface area contributed by atoms with Crippen molar-refractivity contribution in [1.29, 1.82) is 0 Å². The van der Waals surface area contributed by atoms with Gasteiger partial charge in [0.05, 0.1) is 25.3 Å². The van der Waals surface area contributed by atoms with E-state index in [1.165, 1.54) is 4.40 Å². The Hall–Kier alpha value is -2.01. The van der Waals surface area contributed by atoms with Crippen LogP contribution in [0.2, 0.25) is 0 Å². The first-order valence-electron chi connectivity index (χ1n) is 9.80. The summed E-state index contributed by atoms with van der Waals surface area (Å²) in [6, 6.07) is 5.31. The summed E-state index contributed by atoms with van der Waals surface area (Å²) >= 11 is 0. The first-order chi connectivity index (χ1) is 13.9. The van der Waals surface area contributed by atoms with Gasteiger partial charge in [0.25, 0.3) is 5.91 Å². The Morgan fingerprint density at radius 2 is 2.07 bits per heavy atom. The summed E-state index contributed by atoms with van der Waals surface area (Å²) < 4.78 is 36.6. The molecule has 2 aliphatic heterocycles. The fourth-order valence-corrected chi connectivity index (χ4v) is 4.85. The second kappa shape index (κ2) is 8.39. The van der Waals surface area contributed by atoms with Crippen molar-refractivity contribution < 1.29 is 22.7 Å². The number of morpholine rings is 1. The van der Waals surface area contributed by atoms with E-state index in [1.54, 1.807) is 24.4 Å². The predicted octanol–water partition coefficient (Wildman–Crippen LogP) is 0.205. The van der Waals surface area contributed by atoms with Gasteiger partial charge in [0.1, 0.15) is 0 Å². The molecule has 1 amide bonds. The first kappa shape index (κ1) is 20.3. The molecule has 0 aromatic carbocycles. The molecule has 2 fully saturated rings. The number of carbonyl (C=O) groups is 1. The average Bonchev–Trinajstić information content (AvgIpc) is 3.37. The summed E-state index contributed by atoms with van der Waals surface area (Å²) in [7, 11) is -3.57. The lowest BCUT2D eigenvalue weighted by Crippen LogP contribution is -2.52. The van der Waals surface area contributed by atoms with Crippen LogP contribution in [0.3, 0.4) is 0 Å². The van der Waals surface area contributed by atoms with Crippen molar-refractivity contribution >= 4 is 21.3 Å². The van der Waals surface area contributed by atoms with Crippen molar-refractivity contribution in [3.05, 3.63) is 30.1 Å². The van der Waals surface area contributed by atoms with Gasteiger partial charge >= 0.3 is 0 Å². The minimum Gasteiger partial charge on any atom is -0.381 e. The zero-order valence-electron chi connectivity index (χ0n) is 16.4. The Morgan fingerprint density at radius 1 is 1.28 bits per heavy atom. The van der Waals surface area contributed by atoms with Gasteiger partial charge in [-0.2, -0.15) is 0 Å². The van der Waals surface area contributed by atoms with Gasteiger partial charge in [0.15, 0.2) is 5.69 Å². The van der Waals surface area contributed by atoms with Crippen molar-refractivity contribution in [3.63, 3.8) is 0 Å². The number of pyridine rings is 1. The van der Waals surface area contributed by atoms with Gasteiger partial charge in [0, 0.05) is 50.7 Å². The zero-order valence-corrected chi connectivity index (χ0v) is 17.2. The lowest BCUT2D eigenvalue weighted by Gasteiger charge is -2.37. The topological polar surface area (TPSA) is 102 Å². The van der Waals surface area contributed by atoms with Crippen LogP contribution in [0.4, 0.5) is 0 Å². The highest BCUT2D eigenvalue weighted by atomic mass is 32.2. The number of carbonyl (C=O) groups excluding carboxylic acids is 1. The van der Waals surface area contributed by atoms with E-state index in [4.69, 9.17) is 9.47 Å². The molecule has 4 heterocycles. The normalized spacial score (nSPS) is 22.0. The third-order valence-electron chi connectivity index (χ3n) is 5.56. The van der Waals surface area contributed by atoms with Gasteiger partial charge in [-0.1, -0.05) is 6.07 Å². The van der Waals surface area contributed by atoms with Gasteiger partial charge in [-0.05, 0) is 18.6 Å². The average molecular weight is 423 g/mol. The maximum Gasteiger partial charge on any atom is 0.272 e. The van der Waals surface area contributed by atoms with Gasteiger partial charge < -0.3 is 14.8 Å². The number of sulfone groups is 1. The molecule has 0 spiro atoms. The summed E-state index contributed by atoms with van der Waals surface area (Å²) in [6.07, 6.45) is 3.65. The Kier molecular flexibility index (Phi) is 5.86. The number of aromatic nitrogens is 2. The fraction of sp³-hybridized carbons (Fsp3) is 0.579. The number of fused-ring (bicyclic) bond motifs is 1. The molecule has 1 N–H and O–H groups in total. The van der Waals surface area contributed by atoms with E-state index < -0.39 is 9.84 Å². The SMILES string of the molecule is CS(=O)(=O)c1nc(C(=O)NCC(C2CCOC2)N2CCOCC2)c2ccccn12. The minimum absolute atomic E-state index is 0.120. The second-order valence-corrected chi connectivity index (χ2v) is 9.43. The van der Waals surface area contributed by atoms with Gasteiger partial charge in [-0.25, -0.2) is 13.4 Å². The summed E-state index contributed by atoms with van der Waals surface area (Å²) in [4.78, 5) is 19.4. The predicted molar refractivity (Wildman–Crippen MR) is 106 cm³/mol. The van der Waals surface area contributed by atoms with Crippen molar-refractivity contribution in [2.75, 3.05) is 52.3 Å². The molecule has 2 unspecified atom stereocenters. The molecular formula is C19H26N4O5S. The molecular weight excluding hydrogens is 396 g/mol. The Labute approximate surface area is 169 Å². The first-order valence-corrected chi connectivity index (χ1v) is 11.7. The molecule has 10 heteroatoms. The maximum atomic E-state index is 12.9. The van der Waals surface area contributed by atoms with E-state index >= 15 is 0 Å². The number of ether oxygens (including phenoxy) is 2. The van der Waals surface area contributed by atoms with E-state index in [2.05, 4.69) is 15.2 Å². The van der Waals surface area contributed by atoms with Crippen molar-refractivity contribution in [2.24, 2.45) is 5.92 Å². The standard InChI is InChI=1S/C19H26N4O5S/c1-29(25,26)19-21-17(15-4-2-3-6-23(15)19)18(24)20-12-16(14-5-9-28-13-14)22-7-10-27-11-8-22/h2-4,6,14,16H,5,7-13H2,1H3,(H,20,24). The third-order valence-corrected chi connectivity index (χ3v) is 6.51. The molecule has 2 atom stereocenters. The summed E-state index contributed by atoms with van der Waals surface area (Å²) in [5.74, 6) is -0.0282. The van der Waals surface area contributed by atoms with Crippen LogP contribution in [0.5, 0.6) is 0 Å². The lowest BCUT2D eigenvalue weighted by atomic mass is 9.97. The van der Waals surface area contributed by atoms with Crippen LogP contribution in [0.1, 0.15) is 16.9 Å². The van der Waals surface area contributed by atoms with Crippen molar-refractivity contribution in [1.82, 2.24) is 19.6 Å². The van der Waals surface area contributed by atoms with Gasteiger partial charge in [-0.15, -0.1) is 0 Å². The molecule has 0 radical (unpaired) electrons. The highest BCUT2D eigenvalue weighted by Gasteiger charge is 2.32. The van der Waals surface area contributed by atoms with Crippen LogP contribution in [-0.2, 0) is 19.3 Å². The van der Waals surface area contributed by atoms with Crippen LogP contribution >= 0.6 is 0 Å². The molecule has 9 nitrogen and oxygen atoms in total. The number of nitrogens with one attached hydrogen (secondary N) is 1. The summed E-state index contributed by atoms with van der Waals surface area (Å²) in [5, 5.41) is 2.85. The fourth-order valence-electron chi connectivity index (χ4n) is 4.08. The van der Waals surface area contributed by atoms with Crippen LogP contribution in [-0.4, -0.2) is 87.0 Å². The van der Waals surface area contributed by atoms with E-state index in [0.29, 0.717) is 37.8 Å². The van der Waals surface area contributed by atoms with Crippen LogP contribution < -0.4 is 5.32 Å². The van der Waals surface area contributed by atoms with E-state index in [1.807, 2.05) is 0 Å². The maximum absolute atomic E-state index is 12.9. The Morgan fingerprint density at radius 3 is 2.76 bits per heavy atom. The smallest absolute Gasteiger partial charge is 0.272 e. The number of nitrogens with zero attached hydrogens (tertiary/aromatic N) is 3. The Balaban J connectivity index is 1.55. The van der Waals surface area contributed by atoms with E-state index in [9.17, 15) is 13.2 Å². The van der Waals surface area contributed by atoms with Crippen LogP contribution in [0.25, 0.3) is 5.52 Å². The molecule has 29 heavy (non-hydrogen) atoms. The third kappa shape index (κ3) is 4.30. The molecule has 0 aliphatic carbocycles. The quantitative estimate of drug-likeness (QED) is 0.710. The van der Waals surface area contributed by atoms with Gasteiger partial charge in [-0.3, -0.25) is 14.1 Å². The highest BCUT2D eigenvalue weighted by Crippen LogP contribution is 2.22. The van der Waals surface area contributed by atoms with Crippen LogP contribution in [0.15, 0.2) is 29.6 Å². The second-order valence-electron chi connectivity index (χ2n) is 7.52. The van der Waals surface area contributed by atoms with Crippen molar-refractivity contribution in [3.8, 4) is 0 Å².